The summed E-state index contributed by atoms with van der Waals surface area (Å²) in [4.78, 5) is 13.3. The number of ketones is 1. The average Bonchev–Trinajstić information content (AvgIpc) is 3.29. The molecule has 2 heterocycles. The van der Waals surface area contributed by atoms with Crippen LogP contribution >= 0.6 is 0 Å². The van der Waals surface area contributed by atoms with Crippen molar-refractivity contribution in [3.05, 3.63) is 81.9 Å². The normalized spacial score (nSPS) is 28.1. The van der Waals surface area contributed by atoms with E-state index in [0.717, 1.165) is 33.4 Å². The van der Waals surface area contributed by atoms with Crippen LogP contribution in [0.2, 0.25) is 0 Å². The number of fused-ring (bicyclic) bond motifs is 5. The molecule has 1 N–H and O–H groups in total. The Balaban J connectivity index is 1.59. The summed E-state index contributed by atoms with van der Waals surface area (Å²) in [5.41, 5.74) is 6.18. The number of hydrogen-bond donors (Lipinski definition) is 1. The molecule has 2 aromatic rings. The van der Waals surface area contributed by atoms with Crippen molar-refractivity contribution in [2.24, 2.45) is 11.8 Å². The Labute approximate surface area is 163 Å². The van der Waals surface area contributed by atoms with E-state index in [2.05, 4.69) is 0 Å². The monoisotopic (exact) mass is 376 g/mol. The molecule has 2 aliphatic heterocycles. The van der Waals surface area contributed by atoms with E-state index in [-0.39, 0.29) is 41.4 Å². The van der Waals surface area contributed by atoms with Crippen LogP contribution in [-0.4, -0.2) is 23.1 Å². The van der Waals surface area contributed by atoms with Gasteiger partial charge in [-0.2, -0.15) is 0 Å². The number of aryl methyl sites for hydroxylation is 3. The predicted octanol–water partition coefficient (Wildman–Crippen LogP) is 4.70. The van der Waals surface area contributed by atoms with Gasteiger partial charge in [-0.25, -0.2) is 4.39 Å². The lowest BCUT2D eigenvalue weighted by Crippen LogP contribution is -2.28. The molecule has 0 amide bonds. The molecule has 4 atom stereocenters. The molecule has 0 aromatic heterocycles. The van der Waals surface area contributed by atoms with Crippen LogP contribution in [0.4, 0.5) is 4.39 Å². The zero-order valence-electron chi connectivity index (χ0n) is 16.0. The number of benzene rings is 2. The zero-order valence-corrected chi connectivity index (χ0v) is 16.0. The summed E-state index contributed by atoms with van der Waals surface area (Å²) in [7, 11) is 0. The first-order chi connectivity index (χ1) is 13.4. The number of carbonyl (C=O) groups is 1. The number of Topliss-reactive ketones (excluding diaryl/α,β-unsaturated/α-hetero) is 1. The summed E-state index contributed by atoms with van der Waals surface area (Å²) in [6.07, 6.45) is 1.23. The van der Waals surface area contributed by atoms with Gasteiger partial charge in [0.05, 0.1) is 29.6 Å². The number of hydrogen-bond acceptors (Lipinski definition) is 3. The highest BCUT2D eigenvalue weighted by atomic mass is 19.1. The van der Waals surface area contributed by atoms with Crippen LogP contribution < -0.4 is 0 Å². The van der Waals surface area contributed by atoms with Gasteiger partial charge in [0.15, 0.2) is 5.78 Å². The molecule has 1 aliphatic carbocycles. The van der Waals surface area contributed by atoms with Gasteiger partial charge in [-0.05, 0) is 66.8 Å². The van der Waals surface area contributed by atoms with E-state index in [1.807, 2.05) is 39.0 Å². The molecule has 0 spiro atoms. The van der Waals surface area contributed by atoms with Crippen LogP contribution in [0.5, 0.6) is 0 Å². The maximum atomic E-state index is 13.3. The first-order valence-corrected chi connectivity index (χ1v) is 9.55. The molecule has 4 heteroatoms. The Kier molecular flexibility index (Phi) is 3.65. The molecule has 0 saturated carbocycles. The first-order valence-electron chi connectivity index (χ1n) is 9.55. The molecule has 2 aromatic carbocycles. The molecule has 3 nitrogen and oxygen atoms in total. The molecule has 28 heavy (non-hydrogen) atoms. The number of ether oxygens (including phenoxy) is 1. The Morgan fingerprint density at radius 1 is 1.00 bits per heavy atom. The topological polar surface area (TPSA) is 46.5 Å². The van der Waals surface area contributed by atoms with Gasteiger partial charge < -0.3 is 9.84 Å². The van der Waals surface area contributed by atoms with Gasteiger partial charge in [-0.1, -0.05) is 29.8 Å². The van der Waals surface area contributed by atoms with Crippen LogP contribution in [0.3, 0.4) is 0 Å². The highest BCUT2D eigenvalue weighted by molar-refractivity contribution is 6.26. The maximum Gasteiger partial charge on any atom is 0.173 e. The van der Waals surface area contributed by atoms with Crippen molar-refractivity contribution in [2.45, 2.75) is 33.0 Å². The summed E-state index contributed by atoms with van der Waals surface area (Å²) in [5.74, 6) is -0.968. The van der Waals surface area contributed by atoms with Gasteiger partial charge >= 0.3 is 0 Å². The van der Waals surface area contributed by atoms with E-state index in [9.17, 15) is 14.3 Å². The van der Waals surface area contributed by atoms with Crippen molar-refractivity contribution in [1.82, 2.24) is 0 Å². The Morgan fingerprint density at radius 2 is 1.64 bits per heavy atom. The quantitative estimate of drug-likeness (QED) is 0.826. The lowest BCUT2D eigenvalue weighted by atomic mass is 9.78. The maximum absolute atomic E-state index is 13.3. The smallest absolute Gasteiger partial charge is 0.173 e. The lowest BCUT2D eigenvalue weighted by molar-refractivity contribution is -0.118. The molecule has 0 unspecified atom stereocenters. The SMILES string of the molecule is Cc1cc(C)c(C2=C(O)[C@H]3[C@@H](C2=O)[C@@H]2C=C(c4ccc(F)cc4)[C@H]3O2)c(C)c1. The van der Waals surface area contributed by atoms with Crippen LogP contribution in [0.25, 0.3) is 11.1 Å². The zero-order chi connectivity index (χ0) is 19.7. The van der Waals surface area contributed by atoms with Gasteiger partial charge in [0.25, 0.3) is 0 Å². The average molecular weight is 376 g/mol. The second-order valence-corrected chi connectivity index (χ2v) is 8.10. The highest BCUT2D eigenvalue weighted by Gasteiger charge is 2.59. The summed E-state index contributed by atoms with van der Waals surface area (Å²) in [6.45, 7) is 5.98. The van der Waals surface area contributed by atoms with E-state index >= 15 is 0 Å². The number of carbonyl (C=O) groups excluding carboxylic acids is 1. The molecular formula is C24H21FO3. The van der Waals surface area contributed by atoms with Crippen LogP contribution in [0.15, 0.2) is 48.2 Å². The second-order valence-electron chi connectivity index (χ2n) is 8.10. The minimum absolute atomic E-state index is 0.0422. The summed E-state index contributed by atoms with van der Waals surface area (Å²) >= 11 is 0. The first kappa shape index (κ1) is 17.4. The molecule has 3 aliphatic rings. The minimum atomic E-state index is -0.385. The van der Waals surface area contributed by atoms with Crippen molar-refractivity contribution in [3.8, 4) is 0 Å². The van der Waals surface area contributed by atoms with Crippen molar-refractivity contribution in [1.29, 1.82) is 0 Å². The summed E-state index contributed by atoms with van der Waals surface area (Å²) < 4.78 is 19.3. The van der Waals surface area contributed by atoms with Crippen LogP contribution in [0.1, 0.15) is 27.8 Å². The molecule has 142 valence electrons. The van der Waals surface area contributed by atoms with E-state index in [0.29, 0.717) is 5.57 Å². The van der Waals surface area contributed by atoms with Gasteiger partial charge in [0, 0.05) is 0 Å². The number of allylic oxidation sites excluding steroid dienone is 1. The molecule has 1 saturated heterocycles. The lowest BCUT2D eigenvalue weighted by Gasteiger charge is -2.21. The fraction of sp³-hybridized carbons (Fsp3) is 0.292. The number of aliphatic hydroxyl groups excluding tert-OH is 1. The third kappa shape index (κ3) is 2.27. The third-order valence-electron chi connectivity index (χ3n) is 6.25. The molecule has 5 rings (SSSR count). The van der Waals surface area contributed by atoms with Crippen LogP contribution in [0, 0.1) is 38.4 Å². The van der Waals surface area contributed by atoms with Crippen molar-refractivity contribution < 1.29 is 19.0 Å². The second kappa shape index (κ2) is 5.89. The fourth-order valence-electron chi connectivity index (χ4n) is 5.23. The van der Waals surface area contributed by atoms with E-state index in [4.69, 9.17) is 4.74 Å². The Hall–Kier alpha value is -2.72. The standard InChI is InChI=1S/C24H21FO3/c1-11-8-12(2)18(13(3)9-11)20-22(26)19-17-10-16(14-4-6-15(25)7-5-14)24(28-17)21(19)23(20)27/h4-10,17,19,21,24,27H,1-3H3/t17-,19-,21+,24+/m0/s1. The number of halogens is 1. The Bertz CT molecular complexity index is 1050. The van der Waals surface area contributed by atoms with Gasteiger partial charge in [-0.3, -0.25) is 4.79 Å². The van der Waals surface area contributed by atoms with Crippen LogP contribution in [-0.2, 0) is 9.53 Å². The molecular weight excluding hydrogens is 355 g/mol. The van der Waals surface area contributed by atoms with Gasteiger partial charge in [0.2, 0.25) is 0 Å². The molecule has 0 radical (unpaired) electrons. The number of rotatable bonds is 2. The van der Waals surface area contributed by atoms with E-state index < -0.39 is 0 Å². The third-order valence-corrected chi connectivity index (χ3v) is 6.25. The predicted molar refractivity (Wildman–Crippen MR) is 105 cm³/mol. The summed E-state index contributed by atoms with van der Waals surface area (Å²) in [6, 6.07) is 10.3. The van der Waals surface area contributed by atoms with Crippen molar-refractivity contribution in [3.63, 3.8) is 0 Å². The van der Waals surface area contributed by atoms with Gasteiger partial charge in [0.1, 0.15) is 11.6 Å². The van der Waals surface area contributed by atoms with Crippen molar-refractivity contribution >= 4 is 16.9 Å². The Morgan fingerprint density at radius 3 is 2.29 bits per heavy atom. The van der Waals surface area contributed by atoms with E-state index in [1.54, 1.807) is 12.1 Å². The fourth-order valence-corrected chi connectivity index (χ4v) is 5.23. The summed E-state index contributed by atoms with van der Waals surface area (Å²) in [5, 5.41) is 11.1. The minimum Gasteiger partial charge on any atom is -0.511 e. The van der Waals surface area contributed by atoms with Crippen molar-refractivity contribution in [2.75, 3.05) is 0 Å². The highest BCUT2D eigenvalue weighted by Crippen LogP contribution is 2.55. The number of aliphatic hydroxyl groups is 1. The van der Waals surface area contributed by atoms with Gasteiger partial charge in [-0.15, -0.1) is 0 Å². The van der Waals surface area contributed by atoms with E-state index in [1.165, 1.54) is 12.1 Å². The largest absolute Gasteiger partial charge is 0.511 e. The molecule has 1 fully saturated rings. The molecule has 2 bridgehead atoms.